The third kappa shape index (κ3) is 4.34. The lowest BCUT2D eigenvalue weighted by Crippen LogP contribution is -2.28. The zero-order chi connectivity index (χ0) is 12.8. The molecule has 0 fully saturated rings. The molecule has 0 atom stereocenters. The highest BCUT2D eigenvalue weighted by atomic mass is 35.5. The van der Waals surface area contributed by atoms with Crippen molar-refractivity contribution in [3.05, 3.63) is 28.0 Å². The molecular formula is C12H17Cl2FN2. The molecule has 96 valence electrons. The van der Waals surface area contributed by atoms with Gasteiger partial charge in [0.05, 0.1) is 10.0 Å². The molecule has 5 heteroatoms. The van der Waals surface area contributed by atoms with Gasteiger partial charge in [0.2, 0.25) is 0 Å². The van der Waals surface area contributed by atoms with Crippen molar-refractivity contribution in [3.8, 4) is 0 Å². The summed E-state index contributed by atoms with van der Waals surface area (Å²) < 4.78 is 13.2. The summed E-state index contributed by atoms with van der Waals surface area (Å²) in [4.78, 5) is 2.29. The molecule has 0 bridgehead atoms. The highest BCUT2D eigenvalue weighted by Crippen LogP contribution is 2.27. The highest BCUT2D eigenvalue weighted by molar-refractivity contribution is 6.35. The zero-order valence-corrected chi connectivity index (χ0v) is 11.6. The molecular weight excluding hydrogens is 262 g/mol. The number of nitrogens with one attached hydrogen (secondary N) is 1. The standard InChI is InChI=1S/C12H17Cl2FN2/c1-3-17(4-2)6-5-16-9-7-10(13)12(15)11(14)8-9/h7-8,16H,3-6H2,1-2H3. The number of likely N-dealkylation sites (N-methyl/N-ethyl adjacent to an activating group) is 1. The summed E-state index contributed by atoms with van der Waals surface area (Å²) in [6, 6.07) is 3.09. The van der Waals surface area contributed by atoms with Crippen molar-refractivity contribution in [2.24, 2.45) is 0 Å². The van der Waals surface area contributed by atoms with Gasteiger partial charge in [-0.2, -0.15) is 0 Å². The van der Waals surface area contributed by atoms with E-state index in [1.807, 2.05) is 0 Å². The summed E-state index contributed by atoms with van der Waals surface area (Å²) >= 11 is 11.4. The molecule has 1 aromatic carbocycles. The summed E-state index contributed by atoms with van der Waals surface area (Å²) in [6.45, 7) is 7.98. The molecule has 0 unspecified atom stereocenters. The fourth-order valence-electron chi connectivity index (χ4n) is 1.56. The summed E-state index contributed by atoms with van der Waals surface area (Å²) in [5.41, 5.74) is 0.744. The maximum absolute atomic E-state index is 13.2. The van der Waals surface area contributed by atoms with E-state index in [1.165, 1.54) is 0 Å². The van der Waals surface area contributed by atoms with Gasteiger partial charge in [-0.15, -0.1) is 0 Å². The predicted octanol–water partition coefficient (Wildman–Crippen LogP) is 3.89. The number of rotatable bonds is 6. The van der Waals surface area contributed by atoms with Crippen molar-refractivity contribution < 1.29 is 4.39 Å². The third-order valence-electron chi connectivity index (χ3n) is 2.64. The van der Waals surface area contributed by atoms with Crippen molar-refractivity contribution in [3.63, 3.8) is 0 Å². The van der Waals surface area contributed by atoms with Crippen LogP contribution in [-0.2, 0) is 0 Å². The smallest absolute Gasteiger partial charge is 0.160 e. The van der Waals surface area contributed by atoms with Gasteiger partial charge in [-0.1, -0.05) is 37.0 Å². The molecule has 1 aromatic rings. The molecule has 0 saturated carbocycles. The number of anilines is 1. The molecule has 0 heterocycles. The van der Waals surface area contributed by atoms with Gasteiger partial charge in [0.25, 0.3) is 0 Å². The predicted molar refractivity (Wildman–Crippen MR) is 72.7 cm³/mol. The minimum absolute atomic E-state index is 0.0443. The number of hydrogen-bond donors (Lipinski definition) is 1. The number of halogens is 3. The zero-order valence-electron chi connectivity index (χ0n) is 10.1. The van der Waals surface area contributed by atoms with Gasteiger partial charge in [0.15, 0.2) is 5.82 Å². The minimum atomic E-state index is -0.567. The Labute approximate surface area is 112 Å². The quantitative estimate of drug-likeness (QED) is 0.795. The van der Waals surface area contributed by atoms with Gasteiger partial charge >= 0.3 is 0 Å². The molecule has 1 N–H and O–H groups in total. The van der Waals surface area contributed by atoms with Gasteiger partial charge in [-0.3, -0.25) is 0 Å². The second-order valence-corrected chi connectivity index (χ2v) is 4.52. The molecule has 0 aromatic heterocycles. The van der Waals surface area contributed by atoms with Crippen LogP contribution in [0.15, 0.2) is 12.1 Å². The molecule has 0 saturated heterocycles. The Hall–Kier alpha value is -0.510. The number of nitrogens with zero attached hydrogens (tertiary/aromatic N) is 1. The Morgan fingerprint density at radius 1 is 1.18 bits per heavy atom. The van der Waals surface area contributed by atoms with Crippen LogP contribution in [0, 0.1) is 5.82 Å². The first-order chi connectivity index (χ1) is 8.08. The van der Waals surface area contributed by atoms with Crippen LogP contribution in [0.2, 0.25) is 10.0 Å². The topological polar surface area (TPSA) is 15.3 Å². The average molecular weight is 279 g/mol. The van der Waals surface area contributed by atoms with Gasteiger partial charge in [-0.05, 0) is 25.2 Å². The Balaban J connectivity index is 2.52. The fourth-order valence-corrected chi connectivity index (χ4v) is 2.04. The first-order valence-electron chi connectivity index (χ1n) is 5.69. The third-order valence-corrected chi connectivity index (χ3v) is 3.19. The Bertz CT molecular complexity index is 345. The van der Waals surface area contributed by atoms with Crippen LogP contribution in [0.3, 0.4) is 0 Å². The summed E-state index contributed by atoms with van der Waals surface area (Å²) in [5.74, 6) is -0.567. The van der Waals surface area contributed by atoms with E-state index in [-0.39, 0.29) is 10.0 Å². The van der Waals surface area contributed by atoms with Crippen LogP contribution in [0.25, 0.3) is 0 Å². The monoisotopic (exact) mass is 278 g/mol. The molecule has 1 rings (SSSR count). The number of hydrogen-bond acceptors (Lipinski definition) is 2. The summed E-state index contributed by atoms with van der Waals surface area (Å²) in [6.07, 6.45) is 0. The molecule has 17 heavy (non-hydrogen) atoms. The van der Waals surface area contributed by atoms with Crippen LogP contribution in [0.4, 0.5) is 10.1 Å². The fraction of sp³-hybridized carbons (Fsp3) is 0.500. The van der Waals surface area contributed by atoms with Crippen molar-refractivity contribution in [2.45, 2.75) is 13.8 Å². The van der Waals surface area contributed by atoms with E-state index < -0.39 is 5.82 Å². The molecule has 0 aliphatic heterocycles. The van der Waals surface area contributed by atoms with Crippen molar-refractivity contribution in [2.75, 3.05) is 31.5 Å². The second kappa shape index (κ2) is 7.04. The lowest BCUT2D eigenvalue weighted by Gasteiger charge is -2.18. The van der Waals surface area contributed by atoms with E-state index in [2.05, 4.69) is 24.1 Å². The lowest BCUT2D eigenvalue weighted by molar-refractivity contribution is 0.316. The molecule has 0 aliphatic carbocycles. The van der Waals surface area contributed by atoms with Crippen LogP contribution in [0.1, 0.15) is 13.8 Å². The van der Waals surface area contributed by atoms with E-state index in [0.717, 1.165) is 31.9 Å². The van der Waals surface area contributed by atoms with Crippen LogP contribution < -0.4 is 5.32 Å². The molecule has 0 spiro atoms. The normalized spacial score (nSPS) is 10.9. The summed E-state index contributed by atoms with van der Waals surface area (Å²) in [7, 11) is 0. The Morgan fingerprint density at radius 3 is 2.18 bits per heavy atom. The Morgan fingerprint density at radius 2 is 1.71 bits per heavy atom. The second-order valence-electron chi connectivity index (χ2n) is 3.71. The minimum Gasteiger partial charge on any atom is -0.384 e. The number of benzene rings is 1. The van der Waals surface area contributed by atoms with E-state index in [0.29, 0.717) is 0 Å². The van der Waals surface area contributed by atoms with E-state index in [1.54, 1.807) is 12.1 Å². The summed E-state index contributed by atoms with van der Waals surface area (Å²) in [5, 5.41) is 3.26. The van der Waals surface area contributed by atoms with Crippen LogP contribution in [-0.4, -0.2) is 31.1 Å². The van der Waals surface area contributed by atoms with E-state index in [4.69, 9.17) is 23.2 Å². The largest absolute Gasteiger partial charge is 0.384 e. The molecule has 0 aliphatic rings. The van der Waals surface area contributed by atoms with Crippen molar-refractivity contribution >= 4 is 28.9 Å². The van der Waals surface area contributed by atoms with Gasteiger partial charge < -0.3 is 10.2 Å². The lowest BCUT2D eigenvalue weighted by atomic mass is 10.3. The van der Waals surface area contributed by atoms with E-state index >= 15 is 0 Å². The average Bonchev–Trinajstić information content (AvgIpc) is 2.31. The van der Waals surface area contributed by atoms with Crippen LogP contribution in [0.5, 0.6) is 0 Å². The van der Waals surface area contributed by atoms with Crippen molar-refractivity contribution in [1.82, 2.24) is 4.90 Å². The van der Waals surface area contributed by atoms with Gasteiger partial charge in [-0.25, -0.2) is 4.39 Å². The first-order valence-corrected chi connectivity index (χ1v) is 6.44. The maximum Gasteiger partial charge on any atom is 0.160 e. The van der Waals surface area contributed by atoms with Gasteiger partial charge in [0.1, 0.15) is 0 Å². The first kappa shape index (κ1) is 14.6. The van der Waals surface area contributed by atoms with Crippen LogP contribution >= 0.6 is 23.2 Å². The highest BCUT2D eigenvalue weighted by Gasteiger charge is 2.07. The van der Waals surface area contributed by atoms with Crippen molar-refractivity contribution in [1.29, 1.82) is 0 Å². The van der Waals surface area contributed by atoms with E-state index in [9.17, 15) is 4.39 Å². The maximum atomic E-state index is 13.2. The molecule has 2 nitrogen and oxygen atoms in total. The SMILES string of the molecule is CCN(CC)CCNc1cc(Cl)c(F)c(Cl)c1. The van der Waals surface area contributed by atoms with Gasteiger partial charge in [0, 0.05) is 18.8 Å². The molecule has 0 radical (unpaired) electrons. The Kier molecular flexibility index (Phi) is 6.03. The molecule has 0 amide bonds.